The van der Waals surface area contributed by atoms with Gasteiger partial charge in [0.25, 0.3) is 0 Å². The van der Waals surface area contributed by atoms with Crippen LogP contribution in [0.25, 0.3) is 55.6 Å². The third-order valence-corrected chi connectivity index (χ3v) is 7.66. The lowest BCUT2D eigenvalue weighted by molar-refractivity contribution is -0.120. The number of nitrogens with one attached hydrogen (secondary N) is 3. The second kappa shape index (κ2) is 9.79. The highest BCUT2D eigenvalue weighted by Crippen LogP contribution is 2.35. The zero-order chi connectivity index (χ0) is 26.2. The van der Waals surface area contributed by atoms with E-state index >= 15 is 0 Å². The van der Waals surface area contributed by atoms with Crippen LogP contribution >= 0.6 is 0 Å². The average molecular weight is 514 g/mol. The zero-order valence-electron chi connectivity index (χ0n) is 21.3. The minimum atomic E-state index is 0.0946. The van der Waals surface area contributed by atoms with Crippen molar-refractivity contribution in [3.63, 3.8) is 0 Å². The maximum absolute atomic E-state index is 12.8. The highest BCUT2D eigenvalue weighted by molar-refractivity contribution is 6.01. The van der Waals surface area contributed by atoms with Crippen LogP contribution in [0.5, 0.6) is 0 Å². The van der Waals surface area contributed by atoms with Gasteiger partial charge in [-0.1, -0.05) is 25.3 Å². The molecular formula is C31H27N7O. The molecule has 6 aromatic rings. The van der Waals surface area contributed by atoms with Crippen molar-refractivity contribution in [2.45, 2.75) is 32.1 Å². The number of hydrogen-bond donors (Lipinski definition) is 3. The van der Waals surface area contributed by atoms with Crippen LogP contribution in [0.4, 0.5) is 5.69 Å². The van der Waals surface area contributed by atoms with E-state index in [0.717, 1.165) is 86.9 Å². The minimum Gasteiger partial charge on any atom is -0.338 e. The van der Waals surface area contributed by atoms with E-state index in [2.05, 4.69) is 47.6 Å². The summed E-state index contributed by atoms with van der Waals surface area (Å²) in [4.78, 5) is 29.4. The van der Waals surface area contributed by atoms with Crippen LogP contribution in [-0.2, 0) is 4.79 Å². The molecule has 3 N–H and O–H groups in total. The molecule has 8 nitrogen and oxygen atoms in total. The molecule has 7 rings (SSSR count). The summed E-state index contributed by atoms with van der Waals surface area (Å²) in [5.74, 6) is 0.192. The van der Waals surface area contributed by atoms with Crippen molar-refractivity contribution in [1.82, 2.24) is 30.1 Å². The van der Waals surface area contributed by atoms with E-state index in [1.807, 2.05) is 48.8 Å². The Morgan fingerprint density at radius 3 is 2.56 bits per heavy atom. The number of benzene rings is 1. The summed E-state index contributed by atoms with van der Waals surface area (Å²) in [6.07, 6.45) is 14.3. The molecule has 0 radical (unpaired) electrons. The van der Waals surface area contributed by atoms with E-state index in [4.69, 9.17) is 0 Å². The van der Waals surface area contributed by atoms with E-state index in [1.165, 1.54) is 6.42 Å². The summed E-state index contributed by atoms with van der Waals surface area (Å²) in [6.45, 7) is 0. The van der Waals surface area contributed by atoms with Gasteiger partial charge in [0.15, 0.2) is 0 Å². The van der Waals surface area contributed by atoms with Crippen LogP contribution < -0.4 is 5.32 Å². The molecule has 5 aromatic heterocycles. The van der Waals surface area contributed by atoms with Crippen molar-refractivity contribution in [1.29, 1.82) is 0 Å². The molecule has 0 atom stereocenters. The predicted molar refractivity (Wildman–Crippen MR) is 153 cm³/mol. The second-order valence-electron chi connectivity index (χ2n) is 10.2. The van der Waals surface area contributed by atoms with Gasteiger partial charge in [0.1, 0.15) is 11.3 Å². The largest absolute Gasteiger partial charge is 0.338 e. The number of H-pyrrole nitrogens is 2. The second-order valence-corrected chi connectivity index (χ2v) is 10.2. The lowest BCUT2D eigenvalue weighted by atomic mass is 9.88. The molecule has 39 heavy (non-hydrogen) atoms. The fourth-order valence-electron chi connectivity index (χ4n) is 5.61. The molecule has 192 valence electrons. The lowest BCUT2D eigenvalue weighted by Crippen LogP contribution is -2.24. The van der Waals surface area contributed by atoms with Crippen molar-refractivity contribution < 1.29 is 4.79 Å². The number of pyridine rings is 3. The molecule has 0 spiro atoms. The van der Waals surface area contributed by atoms with E-state index in [1.54, 1.807) is 18.6 Å². The number of hydrogen-bond acceptors (Lipinski definition) is 5. The first kappa shape index (κ1) is 23.3. The molecule has 1 saturated carbocycles. The normalized spacial score (nSPS) is 14.2. The van der Waals surface area contributed by atoms with Crippen LogP contribution in [-0.4, -0.2) is 36.0 Å². The molecule has 1 aromatic carbocycles. The Morgan fingerprint density at radius 2 is 1.69 bits per heavy atom. The number of rotatable bonds is 5. The van der Waals surface area contributed by atoms with E-state index in [9.17, 15) is 4.79 Å². The summed E-state index contributed by atoms with van der Waals surface area (Å²) < 4.78 is 0. The number of anilines is 1. The number of aromatic nitrogens is 6. The third kappa shape index (κ3) is 4.44. The molecule has 0 unspecified atom stereocenters. The van der Waals surface area contributed by atoms with Gasteiger partial charge in [-0.2, -0.15) is 5.10 Å². The zero-order valence-corrected chi connectivity index (χ0v) is 21.3. The van der Waals surface area contributed by atoms with Crippen LogP contribution in [0.3, 0.4) is 0 Å². The fourth-order valence-corrected chi connectivity index (χ4v) is 5.61. The minimum absolute atomic E-state index is 0.0946. The van der Waals surface area contributed by atoms with Crippen molar-refractivity contribution in [3.05, 3.63) is 79.5 Å². The van der Waals surface area contributed by atoms with Crippen LogP contribution in [0.1, 0.15) is 32.1 Å². The Balaban J connectivity index is 1.23. The van der Waals surface area contributed by atoms with E-state index in [-0.39, 0.29) is 11.8 Å². The Morgan fingerprint density at radius 1 is 0.821 bits per heavy atom. The van der Waals surface area contributed by atoms with Gasteiger partial charge >= 0.3 is 0 Å². The van der Waals surface area contributed by atoms with Crippen LogP contribution in [0, 0.1) is 5.92 Å². The van der Waals surface area contributed by atoms with Gasteiger partial charge in [-0.15, -0.1) is 0 Å². The third-order valence-electron chi connectivity index (χ3n) is 7.66. The number of fused-ring (bicyclic) bond motifs is 2. The standard InChI is InChI=1S/C31H27N7O/c39-31(20-4-2-1-3-5-20)35-23-14-22(17-33-18-23)21-6-7-27-26(15-21)29(38-37-27)28-16-25-24(10-13-34-30(25)36-28)19-8-11-32-12-9-19/h6-18,20H,1-5H2,(H,34,36)(H,35,39)(H,37,38). The first-order valence-corrected chi connectivity index (χ1v) is 13.4. The first-order valence-electron chi connectivity index (χ1n) is 13.4. The summed E-state index contributed by atoms with van der Waals surface area (Å²) in [7, 11) is 0. The Hall–Kier alpha value is -4.85. The van der Waals surface area contributed by atoms with Crippen LogP contribution in [0.15, 0.2) is 79.5 Å². The average Bonchev–Trinajstić information content (AvgIpc) is 3.62. The summed E-state index contributed by atoms with van der Waals surface area (Å²) in [6, 6.07) is 16.3. The smallest absolute Gasteiger partial charge is 0.227 e. The predicted octanol–water partition coefficient (Wildman–Crippen LogP) is 6.75. The topological polar surface area (TPSA) is 112 Å². The molecule has 1 amide bonds. The van der Waals surface area contributed by atoms with Gasteiger partial charge in [-0.25, -0.2) is 4.98 Å². The molecule has 0 aliphatic heterocycles. The van der Waals surface area contributed by atoms with E-state index < -0.39 is 0 Å². The fraction of sp³-hybridized carbons (Fsp3) is 0.194. The van der Waals surface area contributed by atoms with E-state index in [0.29, 0.717) is 0 Å². The Kier molecular flexibility index (Phi) is 5.85. The summed E-state index contributed by atoms with van der Waals surface area (Å²) >= 11 is 0. The summed E-state index contributed by atoms with van der Waals surface area (Å²) in [5.41, 5.74) is 8.27. The Bertz CT molecular complexity index is 1800. The molecule has 5 heterocycles. The highest BCUT2D eigenvalue weighted by Gasteiger charge is 2.21. The first-order chi connectivity index (χ1) is 19.2. The van der Waals surface area contributed by atoms with Crippen molar-refractivity contribution in [2.75, 3.05) is 5.32 Å². The van der Waals surface area contributed by atoms with Gasteiger partial charge in [0.2, 0.25) is 5.91 Å². The maximum Gasteiger partial charge on any atom is 0.227 e. The Labute approximate surface area is 224 Å². The van der Waals surface area contributed by atoms with Gasteiger partial charge in [0.05, 0.1) is 23.1 Å². The molecule has 1 fully saturated rings. The molecule has 0 bridgehead atoms. The van der Waals surface area contributed by atoms with Gasteiger partial charge < -0.3 is 10.3 Å². The molecular weight excluding hydrogens is 486 g/mol. The molecule has 1 aliphatic rings. The molecule has 1 aliphatic carbocycles. The quantitative estimate of drug-likeness (QED) is 0.236. The molecule has 8 heteroatoms. The number of carbonyl (C=O) groups is 1. The number of amides is 1. The number of carbonyl (C=O) groups excluding carboxylic acids is 1. The van der Waals surface area contributed by atoms with Crippen molar-refractivity contribution in [3.8, 4) is 33.6 Å². The highest BCUT2D eigenvalue weighted by atomic mass is 16.1. The van der Waals surface area contributed by atoms with Gasteiger partial charge in [-0.3, -0.25) is 19.9 Å². The van der Waals surface area contributed by atoms with Crippen molar-refractivity contribution >= 4 is 33.5 Å². The van der Waals surface area contributed by atoms with Crippen LogP contribution in [0.2, 0.25) is 0 Å². The van der Waals surface area contributed by atoms with Crippen molar-refractivity contribution in [2.24, 2.45) is 5.92 Å². The number of aromatic amines is 2. The number of nitrogens with zero attached hydrogens (tertiary/aromatic N) is 4. The monoisotopic (exact) mass is 513 g/mol. The van der Waals surface area contributed by atoms with Gasteiger partial charge in [-0.05, 0) is 72.0 Å². The SMILES string of the molecule is O=C(Nc1cncc(-c2ccc3[nH]nc(-c4cc5c(-c6ccncc6)ccnc5[nH]4)c3c2)c1)C1CCCCC1. The summed E-state index contributed by atoms with van der Waals surface area (Å²) in [5, 5.41) is 12.9. The molecule has 0 saturated heterocycles. The lowest BCUT2D eigenvalue weighted by Gasteiger charge is -2.20. The maximum atomic E-state index is 12.8. The van der Waals surface area contributed by atoms with Gasteiger partial charge in [0, 0.05) is 47.0 Å².